The van der Waals surface area contributed by atoms with Gasteiger partial charge >= 0.3 is 5.97 Å². The van der Waals surface area contributed by atoms with Gasteiger partial charge in [-0.05, 0) is 54.6 Å². The second-order valence-corrected chi connectivity index (χ2v) is 8.71. The molecule has 0 aliphatic carbocycles. The minimum absolute atomic E-state index is 0.124. The molecule has 0 radical (unpaired) electrons. The summed E-state index contributed by atoms with van der Waals surface area (Å²) in [6.45, 7) is 1.22. The van der Waals surface area contributed by atoms with Gasteiger partial charge in [0.15, 0.2) is 5.13 Å². The number of halogens is 2. The molecule has 8 heteroatoms. The van der Waals surface area contributed by atoms with Crippen molar-refractivity contribution >= 4 is 44.4 Å². The van der Waals surface area contributed by atoms with Gasteiger partial charge < -0.3 is 9.64 Å². The second-order valence-electron chi connectivity index (χ2n) is 6.53. The Balaban J connectivity index is 1.16. The summed E-state index contributed by atoms with van der Waals surface area (Å²) in [4.78, 5) is 19.5. The van der Waals surface area contributed by atoms with E-state index in [1.165, 1.54) is 35.6 Å². The molecule has 1 saturated heterocycles. The molecule has 0 amide bonds. The highest BCUT2D eigenvalue weighted by Gasteiger charge is 2.32. The number of rotatable bonds is 7. The zero-order valence-electron chi connectivity index (χ0n) is 14.9. The van der Waals surface area contributed by atoms with Gasteiger partial charge in [-0.1, -0.05) is 11.3 Å². The van der Waals surface area contributed by atoms with E-state index in [9.17, 15) is 13.6 Å². The van der Waals surface area contributed by atoms with E-state index in [2.05, 4.69) is 4.98 Å². The van der Waals surface area contributed by atoms with Crippen LogP contribution in [-0.2, 0) is 9.53 Å². The van der Waals surface area contributed by atoms with Crippen LogP contribution in [-0.4, -0.2) is 35.9 Å². The molecule has 0 N–H and O–H groups in total. The molecule has 146 valence electrons. The fourth-order valence-corrected chi connectivity index (χ4v) is 4.73. The molecule has 2 aromatic carbocycles. The fourth-order valence-electron chi connectivity index (χ4n) is 2.87. The predicted molar refractivity (Wildman–Crippen MR) is 108 cm³/mol. The third-order valence-corrected chi connectivity index (χ3v) is 6.54. The Morgan fingerprint density at radius 3 is 2.71 bits per heavy atom. The van der Waals surface area contributed by atoms with E-state index in [1.807, 2.05) is 4.90 Å². The summed E-state index contributed by atoms with van der Waals surface area (Å²) in [7, 11) is 0. The van der Waals surface area contributed by atoms with Gasteiger partial charge in [0.05, 0.1) is 23.3 Å². The number of thiazole rings is 1. The summed E-state index contributed by atoms with van der Waals surface area (Å²) in [5.41, 5.74) is 0.778. The summed E-state index contributed by atoms with van der Waals surface area (Å²) in [6, 6.07) is 10.9. The predicted octanol–water partition coefficient (Wildman–Crippen LogP) is 4.88. The van der Waals surface area contributed by atoms with Crippen molar-refractivity contribution in [2.24, 2.45) is 0 Å². The summed E-state index contributed by atoms with van der Waals surface area (Å²) in [6.07, 6.45) is 0.951. The lowest BCUT2D eigenvalue weighted by Gasteiger charge is -2.38. The van der Waals surface area contributed by atoms with Crippen molar-refractivity contribution in [2.75, 3.05) is 23.7 Å². The molecule has 4 rings (SSSR count). The first-order valence-electron chi connectivity index (χ1n) is 8.96. The van der Waals surface area contributed by atoms with E-state index in [0.717, 1.165) is 26.0 Å². The number of hydrogen-bond acceptors (Lipinski definition) is 6. The van der Waals surface area contributed by atoms with Crippen molar-refractivity contribution in [3.63, 3.8) is 0 Å². The first-order valence-corrected chi connectivity index (χ1v) is 10.8. The number of aromatic nitrogens is 1. The van der Waals surface area contributed by atoms with Gasteiger partial charge in [0.2, 0.25) is 0 Å². The van der Waals surface area contributed by atoms with Crippen LogP contribution in [0.25, 0.3) is 10.2 Å². The highest BCUT2D eigenvalue weighted by molar-refractivity contribution is 7.99. The van der Waals surface area contributed by atoms with Crippen molar-refractivity contribution < 1.29 is 18.3 Å². The Bertz CT molecular complexity index is 972. The van der Waals surface area contributed by atoms with Crippen LogP contribution in [0.3, 0.4) is 0 Å². The molecule has 28 heavy (non-hydrogen) atoms. The number of hydrogen-bond donors (Lipinski definition) is 0. The van der Waals surface area contributed by atoms with Gasteiger partial charge in [0.25, 0.3) is 0 Å². The molecular formula is C20H18F2N2O2S2. The molecule has 1 aliphatic heterocycles. The summed E-state index contributed by atoms with van der Waals surface area (Å²) < 4.78 is 32.4. The lowest BCUT2D eigenvalue weighted by atomic mass is 10.2. The van der Waals surface area contributed by atoms with Crippen LogP contribution in [0.15, 0.2) is 47.4 Å². The fraction of sp³-hybridized carbons (Fsp3) is 0.300. The van der Waals surface area contributed by atoms with Gasteiger partial charge in [-0.2, -0.15) is 0 Å². The maximum Gasteiger partial charge on any atom is 0.306 e. The SMILES string of the molecule is O=C(CCCSc1ccc(F)cc1)OC1CN(c2nc3ccc(F)cc3s2)C1. The minimum Gasteiger partial charge on any atom is -0.459 e. The lowest BCUT2D eigenvalue weighted by molar-refractivity contribution is -0.150. The van der Waals surface area contributed by atoms with Crippen LogP contribution in [0.4, 0.5) is 13.9 Å². The van der Waals surface area contributed by atoms with Crippen molar-refractivity contribution in [3.8, 4) is 0 Å². The maximum absolute atomic E-state index is 13.3. The number of fused-ring (bicyclic) bond motifs is 1. The van der Waals surface area contributed by atoms with Gasteiger partial charge in [-0.15, -0.1) is 11.8 Å². The zero-order chi connectivity index (χ0) is 19.5. The number of benzene rings is 2. The number of anilines is 1. The Morgan fingerprint density at radius 2 is 1.93 bits per heavy atom. The van der Waals surface area contributed by atoms with E-state index in [1.54, 1.807) is 30.0 Å². The normalized spacial score (nSPS) is 14.3. The quantitative estimate of drug-likeness (QED) is 0.310. The Hall–Kier alpha value is -2.19. The molecule has 3 aromatic rings. The topological polar surface area (TPSA) is 42.4 Å². The number of carbonyl (C=O) groups excluding carboxylic acids is 1. The average molecular weight is 421 g/mol. The van der Waals surface area contributed by atoms with E-state index in [4.69, 9.17) is 4.74 Å². The molecule has 0 spiro atoms. The highest BCUT2D eigenvalue weighted by Crippen LogP contribution is 2.32. The van der Waals surface area contributed by atoms with Gasteiger partial charge in [-0.25, -0.2) is 13.8 Å². The van der Waals surface area contributed by atoms with Crippen molar-refractivity contribution in [2.45, 2.75) is 23.8 Å². The summed E-state index contributed by atoms with van der Waals surface area (Å²) >= 11 is 3.03. The number of thioether (sulfide) groups is 1. The average Bonchev–Trinajstić information content (AvgIpc) is 3.05. The summed E-state index contributed by atoms with van der Waals surface area (Å²) in [5, 5.41) is 0.823. The van der Waals surface area contributed by atoms with E-state index >= 15 is 0 Å². The smallest absolute Gasteiger partial charge is 0.306 e. The molecule has 0 bridgehead atoms. The van der Waals surface area contributed by atoms with Crippen molar-refractivity contribution in [1.29, 1.82) is 0 Å². The van der Waals surface area contributed by atoms with Gasteiger partial charge in [0.1, 0.15) is 17.7 Å². The lowest BCUT2D eigenvalue weighted by Crippen LogP contribution is -2.53. The summed E-state index contributed by atoms with van der Waals surface area (Å²) in [5.74, 6) is 0.0617. The van der Waals surface area contributed by atoms with Crippen molar-refractivity contribution in [1.82, 2.24) is 4.98 Å². The van der Waals surface area contributed by atoms with Crippen LogP contribution in [0.1, 0.15) is 12.8 Å². The molecular weight excluding hydrogens is 402 g/mol. The highest BCUT2D eigenvalue weighted by atomic mass is 32.2. The number of nitrogens with zero attached hydrogens (tertiary/aromatic N) is 2. The number of carbonyl (C=O) groups is 1. The Kier molecular flexibility index (Phi) is 5.77. The molecule has 2 heterocycles. The molecule has 4 nitrogen and oxygen atoms in total. The number of ether oxygens (including phenoxy) is 1. The third-order valence-electron chi connectivity index (χ3n) is 4.36. The molecule has 0 saturated carbocycles. The van der Waals surface area contributed by atoms with E-state index < -0.39 is 0 Å². The first kappa shape index (κ1) is 19.1. The maximum atomic E-state index is 13.3. The van der Waals surface area contributed by atoms with E-state index in [0.29, 0.717) is 25.9 Å². The monoisotopic (exact) mass is 420 g/mol. The molecule has 0 atom stereocenters. The largest absolute Gasteiger partial charge is 0.459 e. The molecule has 1 aliphatic rings. The third kappa shape index (κ3) is 4.62. The molecule has 1 aromatic heterocycles. The second kappa shape index (κ2) is 8.45. The van der Waals surface area contributed by atoms with E-state index in [-0.39, 0.29) is 23.7 Å². The van der Waals surface area contributed by atoms with Gasteiger partial charge in [-0.3, -0.25) is 4.79 Å². The molecule has 1 fully saturated rings. The van der Waals surface area contributed by atoms with Crippen LogP contribution in [0, 0.1) is 11.6 Å². The number of esters is 1. The van der Waals surface area contributed by atoms with Crippen LogP contribution >= 0.6 is 23.1 Å². The minimum atomic E-state index is -0.268. The standard InChI is InChI=1S/C20H18F2N2O2S2/c21-13-3-6-16(7-4-13)27-9-1-2-19(25)26-15-11-24(12-15)20-23-17-8-5-14(22)10-18(17)28-20/h3-8,10,15H,1-2,9,11-12H2. The van der Waals surface area contributed by atoms with Gasteiger partial charge in [0, 0.05) is 11.3 Å². The molecule has 0 unspecified atom stereocenters. The Labute approximate surface area is 169 Å². The zero-order valence-corrected chi connectivity index (χ0v) is 16.6. The van der Waals surface area contributed by atoms with Crippen LogP contribution < -0.4 is 4.90 Å². The van der Waals surface area contributed by atoms with Crippen LogP contribution in [0.5, 0.6) is 0 Å². The Morgan fingerprint density at radius 1 is 1.18 bits per heavy atom. The first-order chi connectivity index (χ1) is 13.6. The van der Waals surface area contributed by atoms with Crippen LogP contribution in [0.2, 0.25) is 0 Å². The van der Waals surface area contributed by atoms with Crippen molar-refractivity contribution in [3.05, 3.63) is 54.1 Å².